The number of nitrogen functional groups attached to an aromatic ring is 1. The van der Waals surface area contributed by atoms with Gasteiger partial charge in [0.05, 0.1) is 17.1 Å². The highest BCUT2D eigenvalue weighted by Gasteiger charge is 2.11. The highest BCUT2D eigenvalue weighted by Crippen LogP contribution is 2.30. The maximum atomic E-state index is 13.2. The second-order valence-corrected chi connectivity index (χ2v) is 8.09. The second-order valence-electron chi connectivity index (χ2n) is 6.98. The van der Waals surface area contributed by atoms with Crippen LogP contribution in [0.15, 0.2) is 94.9 Å². The Hall–Kier alpha value is -3.64. The van der Waals surface area contributed by atoms with Crippen LogP contribution in [0.4, 0.5) is 15.8 Å². The number of benzene rings is 3. The number of aromatic nitrogens is 1. The third-order valence-electron chi connectivity index (χ3n) is 4.78. The van der Waals surface area contributed by atoms with E-state index in [9.17, 15) is 9.18 Å². The predicted molar refractivity (Wildman–Crippen MR) is 124 cm³/mol. The number of nitrogens with two attached hydrogens (primary N) is 1. The molecule has 4 aromatic rings. The number of anilines is 2. The third kappa shape index (κ3) is 4.92. The average Bonchev–Trinajstić information content (AvgIpc) is 2.78. The van der Waals surface area contributed by atoms with Crippen molar-refractivity contribution >= 4 is 29.0 Å². The van der Waals surface area contributed by atoms with Gasteiger partial charge in [-0.3, -0.25) is 9.78 Å². The molecule has 6 heteroatoms. The van der Waals surface area contributed by atoms with Crippen LogP contribution in [0.3, 0.4) is 0 Å². The highest BCUT2D eigenvalue weighted by molar-refractivity contribution is 7.99. The van der Waals surface area contributed by atoms with Crippen LogP contribution in [0.1, 0.15) is 16.1 Å². The molecule has 4 rings (SSSR count). The lowest BCUT2D eigenvalue weighted by Crippen LogP contribution is -2.13. The Labute approximate surface area is 184 Å². The number of hydrogen-bond donors (Lipinski definition) is 2. The first-order chi connectivity index (χ1) is 15.0. The van der Waals surface area contributed by atoms with Gasteiger partial charge in [-0.2, -0.15) is 0 Å². The van der Waals surface area contributed by atoms with Gasteiger partial charge in [0.25, 0.3) is 5.91 Å². The number of nitrogens with one attached hydrogen (secondary N) is 1. The van der Waals surface area contributed by atoms with Gasteiger partial charge in [-0.25, -0.2) is 4.39 Å². The summed E-state index contributed by atoms with van der Waals surface area (Å²) in [7, 11) is 0. The lowest BCUT2D eigenvalue weighted by Gasteiger charge is -2.11. The Balaban J connectivity index is 1.49. The fourth-order valence-electron chi connectivity index (χ4n) is 3.06. The van der Waals surface area contributed by atoms with Gasteiger partial charge in [0.1, 0.15) is 5.82 Å². The minimum atomic E-state index is -0.298. The van der Waals surface area contributed by atoms with Crippen LogP contribution in [0.25, 0.3) is 11.1 Å². The van der Waals surface area contributed by atoms with Crippen molar-refractivity contribution in [2.75, 3.05) is 11.1 Å². The quantitative estimate of drug-likeness (QED) is 0.372. The number of carbonyl (C=O) groups is 1. The van der Waals surface area contributed by atoms with Crippen molar-refractivity contribution in [1.29, 1.82) is 0 Å². The summed E-state index contributed by atoms with van der Waals surface area (Å²) >= 11 is 1.60. The van der Waals surface area contributed by atoms with E-state index in [0.29, 0.717) is 16.9 Å². The van der Waals surface area contributed by atoms with E-state index in [1.165, 1.54) is 12.1 Å². The van der Waals surface area contributed by atoms with E-state index >= 15 is 0 Å². The first-order valence-electron chi connectivity index (χ1n) is 9.66. The molecule has 0 aliphatic rings. The number of rotatable bonds is 5. The van der Waals surface area contributed by atoms with Gasteiger partial charge >= 0.3 is 0 Å². The molecule has 0 aliphatic heterocycles. The van der Waals surface area contributed by atoms with E-state index in [0.717, 1.165) is 26.6 Å². The molecule has 0 radical (unpaired) electrons. The van der Waals surface area contributed by atoms with E-state index < -0.39 is 0 Å². The van der Waals surface area contributed by atoms with Crippen LogP contribution in [-0.4, -0.2) is 10.9 Å². The number of pyridine rings is 1. The predicted octanol–water partition coefficient (Wildman–Crippen LogP) is 6.18. The first-order valence-corrected chi connectivity index (χ1v) is 10.5. The SMILES string of the molecule is Cc1ncccc1Sc1ccc(C(=O)Nc2cc(-c3ccc(F)cc3)ccc2N)cc1. The Bertz CT molecular complexity index is 1220. The maximum Gasteiger partial charge on any atom is 0.255 e. The molecule has 1 amide bonds. The van der Waals surface area contributed by atoms with Crippen molar-refractivity contribution in [1.82, 2.24) is 4.98 Å². The van der Waals surface area contributed by atoms with Gasteiger partial charge in [-0.05, 0) is 78.7 Å². The normalized spacial score (nSPS) is 10.6. The molecule has 3 aromatic carbocycles. The molecule has 0 saturated heterocycles. The van der Waals surface area contributed by atoms with Gasteiger partial charge in [0.15, 0.2) is 0 Å². The van der Waals surface area contributed by atoms with E-state index in [1.807, 2.05) is 37.3 Å². The Morgan fingerprint density at radius 1 is 0.968 bits per heavy atom. The fourth-order valence-corrected chi connectivity index (χ4v) is 3.93. The molecule has 0 spiro atoms. The average molecular weight is 430 g/mol. The zero-order valence-corrected chi connectivity index (χ0v) is 17.6. The summed E-state index contributed by atoms with van der Waals surface area (Å²) in [6, 6.07) is 22.8. The standard InChI is InChI=1S/C25H20FN3OS/c1-16-24(3-2-14-28-16)31-21-11-6-18(7-12-21)25(30)29-23-15-19(8-13-22(23)27)17-4-9-20(26)10-5-17/h2-15H,27H2,1H3,(H,29,30). The lowest BCUT2D eigenvalue weighted by atomic mass is 10.0. The molecular formula is C25H20FN3OS. The molecule has 1 heterocycles. The summed E-state index contributed by atoms with van der Waals surface area (Å²) in [4.78, 5) is 19.1. The molecule has 31 heavy (non-hydrogen) atoms. The molecule has 0 aliphatic carbocycles. The largest absolute Gasteiger partial charge is 0.397 e. The number of halogens is 1. The summed E-state index contributed by atoms with van der Waals surface area (Å²) < 4.78 is 13.2. The van der Waals surface area contributed by atoms with Gasteiger partial charge in [0.2, 0.25) is 0 Å². The monoisotopic (exact) mass is 429 g/mol. The minimum absolute atomic E-state index is 0.253. The van der Waals surface area contributed by atoms with E-state index in [2.05, 4.69) is 10.3 Å². The van der Waals surface area contributed by atoms with Crippen molar-refractivity contribution in [3.63, 3.8) is 0 Å². The summed E-state index contributed by atoms with van der Waals surface area (Å²) in [5.41, 5.74) is 10.2. The van der Waals surface area contributed by atoms with E-state index in [4.69, 9.17) is 5.73 Å². The van der Waals surface area contributed by atoms with Crippen molar-refractivity contribution in [3.05, 3.63) is 102 Å². The molecule has 3 N–H and O–H groups in total. The molecule has 0 atom stereocenters. The van der Waals surface area contributed by atoms with E-state index in [-0.39, 0.29) is 11.7 Å². The molecule has 4 nitrogen and oxygen atoms in total. The first kappa shape index (κ1) is 20.6. The number of hydrogen-bond acceptors (Lipinski definition) is 4. The van der Waals surface area contributed by atoms with Gasteiger partial charge in [0, 0.05) is 21.6 Å². The van der Waals surface area contributed by atoms with Crippen molar-refractivity contribution in [2.24, 2.45) is 0 Å². The van der Waals surface area contributed by atoms with Crippen LogP contribution in [0.5, 0.6) is 0 Å². The Morgan fingerprint density at radius 3 is 2.39 bits per heavy atom. The van der Waals surface area contributed by atoms with Crippen LogP contribution in [-0.2, 0) is 0 Å². The summed E-state index contributed by atoms with van der Waals surface area (Å²) in [5.74, 6) is -0.551. The molecule has 0 fully saturated rings. The summed E-state index contributed by atoms with van der Waals surface area (Å²) in [6.45, 7) is 1.97. The van der Waals surface area contributed by atoms with Crippen LogP contribution in [0, 0.1) is 12.7 Å². The van der Waals surface area contributed by atoms with Gasteiger partial charge in [-0.1, -0.05) is 30.0 Å². The second kappa shape index (κ2) is 9.02. The van der Waals surface area contributed by atoms with Crippen molar-refractivity contribution < 1.29 is 9.18 Å². The molecule has 0 unspecified atom stereocenters. The van der Waals surface area contributed by atoms with Gasteiger partial charge < -0.3 is 11.1 Å². The Morgan fingerprint density at radius 2 is 1.68 bits per heavy atom. The fraction of sp³-hybridized carbons (Fsp3) is 0.0400. The zero-order valence-electron chi connectivity index (χ0n) is 16.8. The maximum absolute atomic E-state index is 13.2. The van der Waals surface area contributed by atoms with Gasteiger partial charge in [-0.15, -0.1) is 0 Å². The molecular weight excluding hydrogens is 409 g/mol. The number of aryl methyl sites for hydroxylation is 1. The number of nitrogens with zero attached hydrogens (tertiary/aromatic N) is 1. The Kier molecular flexibility index (Phi) is 6.00. The third-order valence-corrected chi connectivity index (χ3v) is 5.94. The van der Waals surface area contributed by atoms with Crippen LogP contribution in [0.2, 0.25) is 0 Å². The van der Waals surface area contributed by atoms with Crippen molar-refractivity contribution in [3.8, 4) is 11.1 Å². The molecule has 0 bridgehead atoms. The minimum Gasteiger partial charge on any atom is -0.397 e. The molecule has 154 valence electrons. The van der Waals surface area contributed by atoms with Crippen molar-refractivity contribution in [2.45, 2.75) is 16.7 Å². The number of carbonyl (C=O) groups excluding carboxylic acids is 1. The zero-order chi connectivity index (χ0) is 21.8. The smallest absolute Gasteiger partial charge is 0.255 e. The highest BCUT2D eigenvalue weighted by atomic mass is 32.2. The van der Waals surface area contributed by atoms with Crippen LogP contribution < -0.4 is 11.1 Å². The lowest BCUT2D eigenvalue weighted by molar-refractivity contribution is 0.102. The number of amides is 1. The topological polar surface area (TPSA) is 68.0 Å². The summed E-state index contributed by atoms with van der Waals surface area (Å²) in [6.07, 6.45) is 1.77. The summed E-state index contributed by atoms with van der Waals surface area (Å²) in [5, 5.41) is 2.87. The molecule has 0 saturated carbocycles. The molecule has 1 aromatic heterocycles. The van der Waals surface area contributed by atoms with Crippen LogP contribution >= 0.6 is 11.8 Å². The van der Waals surface area contributed by atoms with E-state index in [1.54, 1.807) is 54.4 Å².